The molecule has 0 fully saturated rings. The lowest BCUT2D eigenvalue weighted by Crippen LogP contribution is -2.42. The van der Waals surface area contributed by atoms with Gasteiger partial charge in [0, 0.05) is 6.42 Å². The molecule has 0 unspecified atom stereocenters. The number of hydrogen-bond donors (Lipinski definition) is 4. The SMILES string of the molecule is C=CC[C@@H](CC(=O)N[C@H](CO)Cc1ccccc1)C(=O)N[C@H](CO)c1ccccc1. The standard InChI is InChI=1S/C24H30N2O4/c1-2-9-20(24(30)26-22(17-28)19-12-7-4-8-13-19)15-23(29)25-21(16-27)14-18-10-5-3-6-11-18/h2-8,10-13,20-22,27-28H,1,9,14-17H2,(H,25,29)(H,26,30)/t20-,21-,22+/m0/s1. The molecule has 2 amide bonds. The molecule has 30 heavy (non-hydrogen) atoms. The Morgan fingerprint density at radius 2 is 1.57 bits per heavy atom. The summed E-state index contributed by atoms with van der Waals surface area (Å²) in [6.07, 6.45) is 2.40. The highest BCUT2D eigenvalue weighted by Gasteiger charge is 2.24. The summed E-state index contributed by atoms with van der Waals surface area (Å²) in [4.78, 5) is 25.3. The average Bonchev–Trinajstić information content (AvgIpc) is 2.77. The molecule has 0 aliphatic rings. The Kier molecular flexibility index (Phi) is 9.77. The van der Waals surface area contributed by atoms with Crippen LogP contribution in [-0.4, -0.2) is 41.3 Å². The van der Waals surface area contributed by atoms with E-state index in [2.05, 4.69) is 17.2 Å². The molecule has 0 radical (unpaired) electrons. The molecule has 6 nitrogen and oxygen atoms in total. The van der Waals surface area contributed by atoms with Crippen LogP contribution in [0.1, 0.15) is 30.0 Å². The van der Waals surface area contributed by atoms with Crippen LogP contribution in [0.4, 0.5) is 0 Å². The fourth-order valence-corrected chi connectivity index (χ4v) is 3.26. The van der Waals surface area contributed by atoms with E-state index in [4.69, 9.17) is 0 Å². The number of carbonyl (C=O) groups excluding carboxylic acids is 2. The zero-order chi connectivity index (χ0) is 21.8. The highest BCUT2D eigenvalue weighted by Crippen LogP contribution is 2.16. The van der Waals surface area contributed by atoms with Crippen molar-refractivity contribution in [3.05, 3.63) is 84.4 Å². The van der Waals surface area contributed by atoms with Crippen molar-refractivity contribution < 1.29 is 19.8 Å². The lowest BCUT2D eigenvalue weighted by molar-refractivity contribution is -0.131. The zero-order valence-electron chi connectivity index (χ0n) is 17.0. The summed E-state index contributed by atoms with van der Waals surface area (Å²) in [5.74, 6) is -1.25. The largest absolute Gasteiger partial charge is 0.394 e. The Hall–Kier alpha value is -2.96. The van der Waals surface area contributed by atoms with Crippen LogP contribution in [0.25, 0.3) is 0 Å². The Labute approximate surface area is 177 Å². The van der Waals surface area contributed by atoms with Crippen molar-refractivity contribution >= 4 is 11.8 Å². The number of aliphatic hydroxyl groups excluding tert-OH is 2. The predicted molar refractivity (Wildman–Crippen MR) is 116 cm³/mol. The minimum absolute atomic E-state index is 0.0317. The van der Waals surface area contributed by atoms with E-state index in [9.17, 15) is 19.8 Å². The number of amides is 2. The van der Waals surface area contributed by atoms with Crippen LogP contribution in [-0.2, 0) is 16.0 Å². The van der Waals surface area contributed by atoms with Crippen LogP contribution in [0.5, 0.6) is 0 Å². The lowest BCUT2D eigenvalue weighted by atomic mass is 9.98. The van der Waals surface area contributed by atoms with Crippen LogP contribution in [0.2, 0.25) is 0 Å². The molecule has 4 N–H and O–H groups in total. The predicted octanol–water partition coefficient (Wildman–Crippen LogP) is 2.14. The number of hydrogen-bond acceptors (Lipinski definition) is 4. The highest BCUT2D eigenvalue weighted by atomic mass is 16.3. The average molecular weight is 411 g/mol. The van der Waals surface area contributed by atoms with E-state index in [0.29, 0.717) is 12.8 Å². The van der Waals surface area contributed by atoms with Gasteiger partial charge in [-0.15, -0.1) is 6.58 Å². The molecule has 0 aliphatic heterocycles. The summed E-state index contributed by atoms with van der Waals surface area (Å²) >= 11 is 0. The fourth-order valence-electron chi connectivity index (χ4n) is 3.26. The van der Waals surface area contributed by atoms with Crippen molar-refractivity contribution in [2.24, 2.45) is 5.92 Å². The molecular weight excluding hydrogens is 380 g/mol. The molecule has 0 spiro atoms. The maximum atomic E-state index is 12.8. The molecule has 0 heterocycles. The summed E-state index contributed by atoms with van der Waals surface area (Å²) in [7, 11) is 0. The van der Waals surface area contributed by atoms with Crippen molar-refractivity contribution in [2.45, 2.75) is 31.3 Å². The Balaban J connectivity index is 1.96. The monoisotopic (exact) mass is 410 g/mol. The van der Waals surface area contributed by atoms with Gasteiger partial charge in [0.25, 0.3) is 0 Å². The van der Waals surface area contributed by atoms with Crippen molar-refractivity contribution in [3.8, 4) is 0 Å². The molecule has 0 bridgehead atoms. The maximum Gasteiger partial charge on any atom is 0.224 e. The van der Waals surface area contributed by atoms with E-state index in [1.54, 1.807) is 6.08 Å². The normalized spacial score (nSPS) is 13.7. The number of aliphatic hydroxyl groups is 2. The molecule has 3 atom stereocenters. The number of benzene rings is 2. The third-order valence-electron chi connectivity index (χ3n) is 4.87. The number of rotatable bonds is 12. The van der Waals surface area contributed by atoms with Crippen LogP contribution in [0, 0.1) is 5.92 Å². The van der Waals surface area contributed by atoms with Crippen LogP contribution < -0.4 is 10.6 Å². The second-order valence-corrected chi connectivity index (χ2v) is 7.22. The summed E-state index contributed by atoms with van der Waals surface area (Å²) in [6.45, 7) is 3.24. The summed E-state index contributed by atoms with van der Waals surface area (Å²) in [6, 6.07) is 17.8. The highest BCUT2D eigenvalue weighted by molar-refractivity contribution is 5.86. The molecule has 2 aromatic carbocycles. The van der Waals surface area contributed by atoms with Gasteiger partial charge in [0.1, 0.15) is 0 Å². The molecule has 6 heteroatoms. The van der Waals surface area contributed by atoms with Crippen molar-refractivity contribution in [1.29, 1.82) is 0 Å². The van der Waals surface area contributed by atoms with E-state index in [-0.39, 0.29) is 31.4 Å². The van der Waals surface area contributed by atoms with E-state index in [1.807, 2.05) is 60.7 Å². The fraction of sp³-hybridized carbons (Fsp3) is 0.333. The third kappa shape index (κ3) is 7.46. The first-order valence-electron chi connectivity index (χ1n) is 10.1. The minimum Gasteiger partial charge on any atom is -0.394 e. The number of allylic oxidation sites excluding steroid dienone is 1. The van der Waals surface area contributed by atoms with Gasteiger partial charge in [-0.25, -0.2) is 0 Å². The quantitative estimate of drug-likeness (QED) is 0.403. The first-order valence-corrected chi connectivity index (χ1v) is 10.1. The zero-order valence-corrected chi connectivity index (χ0v) is 17.0. The van der Waals surface area contributed by atoms with E-state index in [0.717, 1.165) is 11.1 Å². The Morgan fingerprint density at radius 1 is 0.933 bits per heavy atom. The molecule has 0 saturated carbocycles. The number of nitrogens with one attached hydrogen (secondary N) is 2. The Bertz CT molecular complexity index is 795. The molecule has 2 rings (SSSR count). The second-order valence-electron chi connectivity index (χ2n) is 7.22. The molecule has 0 saturated heterocycles. The van der Waals surface area contributed by atoms with Gasteiger partial charge in [-0.05, 0) is 24.0 Å². The lowest BCUT2D eigenvalue weighted by Gasteiger charge is -2.22. The van der Waals surface area contributed by atoms with Crippen LogP contribution in [0.15, 0.2) is 73.3 Å². The third-order valence-corrected chi connectivity index (χ3v) is 4.87. The van der Waals surface area contributed by atoms with Crippen LogP contribution in [0.3, 0.4) is 0 Å². The van der Waals surface area contributed by atoms with Gasteiger partial charge in [0.15, 0.2) is 0 Å². The first kappa shape index (κ1) is 23.3. The molecule has 160 valence electrons. The van der Waals surface area contributed by atoms with Gasteiger partial charge in [0.05, 0.1) is 31.2 Å². The van der Waals surface area contributed by atoms with E-state index >= 15 is 0 Å². The summed E-state index contributed by atoms with van der Waals surface area (Å²) < 4.78 is 0. The molecular formula is C24H30N2O4. The van der Waals surface area contributed by atoms with Crippen molar-refractivity contribution in [3.63, 3.8) is 0 Å². The van der Waals surface area contributed by atoms with E-state index in [1.165, 1.54) is 0 Å². The molecule has 0 aliphatic carbocycles. The summed E-state index contributed by atoms with van der Waals surface area (Å²) in [5.41, 5.74) is 1.80. The Morgan fingerprint density at radius 3 is 2.13 bits per heavy atom. The van der Waals surface area contributed by atoms with Gasteiger partial charge >= 0.3 is 0 Å². The first-order chi connectivity index (χ1) is 14.6. The van der Waals surface area contributed by atoms with Gasteiger partial charge in [-0.1, -0.05) is 66.7 Å². The minimum atomic E-state index is -0.615. The van der Waals surface area contributed by atoms with Gasteiger partial charge in [0.2, 0.25) is 11.8 Å². The van der Waals surface area contributed by atoms with Crippen LogP contribution >= 0.6 is 0 Å². The van der Waals surface area contributed by atoms with Gasteiger partial charge in [-0.3, -0.25) is 9.59 Å². The van der Waals surface area contributed by atoms with E-state index < -0.39 is 18.0 Å². The topological polar surface area (TPSA) is 98.7 Å². The van der Waals surface area contributed by atoms with Crippen molar-refractivity contribution in [1.82, 2.24) is 10.6 Å². The maximum absolute atomic E-state index is 12.8. The number of carbonyl (C=O) groups is 2. The smallest absolute Gasteiger partial charge is 0.224 e. The second kappa shape index (κ2) is 12.6. The van der Waals surface area contributed by atoms with Gasteiger partial charge in [-0.2, -0.15) is 0 Å². The molecule has 2 aromatic rings. The summed E-state index contributed by atoms with van der Waals surface area (Å²) in [5, 5.41) is 24.9. The van der Waals surface area contributed by atoms with Crippen molar-refractivity contribution in [2.75, 3.05) is 13.2 Å². The van der Waals surface area contributed by atoms with Gasteiger partial charge < -0.3 is 20.8 Å². The molecule has 0 aromatic heterocycles.